The molecule has 6 heteroatoms. The largest absolute Gasteiger partial charge is 0.362 e. The summed E-state index contributed by atoms with van der Waals surface area (Å²) in [5.41, 5.74) is 2.39. The summed E-state index contributed by atoms with van der Waals surface area (Å²) in [6, 6.07) is 10.9. The fourth-order valence-electron chi connectivity index (χ4n) is 3.97. The van der Waals surface area contributed by atoms with Gasteiger partial charge in [0, 0.05) is 32.1 Å². The number of thiophene rings is 1. The SMILES string of the molecule is CN(C)c1nc(NC2CCC(CNCc3ccsc3)CC2)nc2ccccc12. The van der Waals surface area contributed by atoms with Crippen molar-refractivity contribution in [2.24, 2.45) is 5.92 Å². The predicted molar refractivity (Wildman–Crippen MR) is 119 cm³/mol. The lowest BCUT2D eigenvalue weighted by Gasteiger charge is -2.29. The second kappa shape index (κ2) is 8.88. The molecule has 3 aromatic rings. The zero-order valence-corrected chi connectivity index (χ0v) is 17.5. The third-order valence-corrected chi connectivity index (χ3v) is 6.26. The van der Waals surface area contributed by atoms with Gasteiger partial charge < -0.3 is 15.5 Å². The molecule has 1 saturated carbocycles. The molecular weight excluding hydrogens is 366 g/mol. The van der Waals surface area contributed by atoms with Crippen LogP contribution in [-0.4, -0.2) is 36.6 Å². The topological polar surface area (TPSA) is 53.1 Å². The average Bonchev–Trinajstić information content (AvgIpc) is 3.22. The second-order valence-electron chi connectivity index (χ2n) is 7.91. The van der Waals surface area contributed by atoms with Crippen molar-refractivity contribution in [1.82, 2.24) is 15.3 Å². The molecule has 5 nitrogen and oxygen atoms in total. The molecule has 1 aromatic carbocycles. The third kappa shape index (κ3) is 4.62. The molecule has 1 aliphatic rings. The quantitative estimate of drug-likeness (QED) is 0.616. The summed E-state index contributed by atoms with van der Waals surface area (Å²) in [7, 11) is 4.07. The Bertz CT molecular complexity index is 885. The Kier molecular flexibility index (Phi) is 6.07. The van der Waals surface area contributed by atoms with Crippen molar-refractivity contribution < 1.29 is 0 Å². The van der Waals surface area contributed by atoms with Gasteiger partial charge in [-0.1, -0.05) is 12.1 Å². The van der Waals surface area contributed by atoms with Crippen LogP contribution in [0.3, 0.4) is 0 Å². The van der Waals surface area contributed by atoms with Crippen molar-refractivity contribution in [3.8, 4) is 0 Å². The lowest BCUT2D eigenvalue weighted by atomic mass is 9.86. The summed E-state index contributed by atoms with van der Waals surface area (Å²) in [6.45, 7) is 2.10. The van der Waals surface area contributed by atoms with Crippen molar-refractivity contribution in [3.05, 3.63) is 46.7 Å². The van der Waals surface area contributed by atoms with Gasteiger partial charge in [0.15, 0.2) is 0 Å². The number of benzene rings is 1. The van der Waals surface area contributed by atoms with E-state index < -0.39 is 0 Å². The maximum absolute atomic E-state index is 4.78. The summed E-state index contributed by atoms with van der Waals surface area (Å²) < 4.78 is 0. The van der Waals surface area contributed by atoms with E-state index in [9.17, 15) is 0 Å². The van der Waals surface area contributed by atoms with Crippen LogP contribution in [0.4, 0.5) is 11.8 Å². The van der Waals surface area contributed by atoms with Gasteiger partial charge in [0.05, 0.1) is 5.52 Å². The van der Waals surface area contributed by atoms with Gasteiger partial charge in [0.1, 0.15) is 5.82 Å². The summed E-state index contributed by atoms with van der Waals surface area (Å²) in [4.78, 5) is 11.6. The third-order valence-electron chi connectivity index (χ3n) is 5.53. The normalized spacial score (nSPS) is 19.6. The molecule has 148 valence electrons. The molecule has 2 N–H and O–H groups in total. The summed E-state index contributed by atoms with van der Waals surface area (Å²) in [6.07, 6.45) is 4.86. The first-order valence-corrected chi connectivity index (χ1v) is 11.1. The van der Waals surface area contributed by atoms with Gasteiger partial charge in [-0.25, -0.2) is 4.98 Å². The Balaban J connectivity index is 1.32. The monoisotopic (exact) mass is 395 g/mol. The smallest absolute Gasteiger partial charge is 0.225 e. The zero-order valence-electron chi connectivity index (χ0n) is 16.7. The van der Waals surface area contributed by atoms with Crippen LogP contribution >= 0.6 is 11.3 Å². The van der Waals surface area contributed by atoms with E-state index in [0.29, 0.717) is 6.04 Å². The molecule has 0 amide bonds. The molecule has 2 heterocycles. The minimum absolute atomic E-state index is 0.462. The van der Waals surface area contributed by atoms with E-state index in [4.69, 9.17) is 9.97 Å². The van der Waals surface area contributed by atoms with Gasteiger partial charge in [-0.3, -0.25) is 0 Å². The lowest BCUT2D eigenvalue weighted by molar-refractivity contribution is 0.324. The molecule has 0 unspecified atom stereocenters. The minimum atomic E-state index is 0.462. The summed E-state index contributed by atoms with van der Waals surface area (Å²) >= 11 is 1.77. The van der Waals surface area contributed by atoms with E-state index in [0.717, 1.165) is 41.7 Å². The average molecular weight is 396 g/mol. The van der Waals surface area contributed by atoms with Crippen LogP contribution in [0.25, 0.3) is 10.9 Å². The first kappa shape index (κ1) is 19.2. The molecule has 0 aliphatic heterocycles. The van der Waals surface area contributed by atoms with E-state index >= 15 is 0 Å². The number of hydrogen-bond acceptors (Lipinski definition) is 6. The number of fused-ring (bicyclic) bond motifs is 1. The molecule has 0 saturated heterocycles. The number of hydrogen-bond donors (Lipinski definition) is 2. The summed E-state index contributed by atoms with van der Waals surface area (Å²) in [5, 5.41) is 12.7. The van der Waals surface area contributed by atoms with Crippen LogP contribution in [0.5, 0.6) is 0 Å². The van der Waals surface area contributed by atoms with Crippen molar-refractivity contribution >= 4 is 34.0 Å². The van der Waals surface area contributed by atoms with Gasteiger partial charge in [-0.15, -0.1) is 0 Å². The van der Waals surface area contributed by atoms with E-state index in [1.165, 1.54) is 31.2 Å². The van der Waals surface area contributed by atoms with Gasteiger partial charge in [0.25, 0.3) is 0 Å². The number of rotatable bonds is 7. The van der Waals surface area contributed by atoms with Gasteiger partial charge in [0.2, 0.25) is 5.95 Å². The van der Waals surface area contributed by atoms with Crippen molar-refractivity contribution in [1.29, 1.82) is 0 Å². The summed E-state index contributed by atoms with van der Waals surface area (Å²) in [5.74, 6) is 2.49. The molecule has 2 aromatic heterocycles. The molecular formula is C22H29N5S. The van der Waals surface area contributed by atoms with Gasteiger partial charge in [-0.2, -0.15) is 16.3 Å². The van der Waals surface area contributed by atoms with Crippen molar-refractivity contribution in [2.75, 3.05) is 30.9 Å². The Morgan fingerprint density at radius 2 is 1.89 bits per heavy atom. The first-order valence-electron chi connectivity index (χ1n) is 10.1. The van der Waals surface area contributed by atoms with Crippen LogP contribution in [-0.2, 0) is 6.54 Å². The van der Waals surface area contributed by atoms with E-state index in [2.05, 4.69) is 44.5 Å². The molecule has 1 aliphatic carbocycles. The predicted octanol–water partition coefficient (Wildman–Crippen LogP) is 4.52. The first-order chi connectivity index (χ1) is 13.7. The Morgan fingerprint density at radius 3 is 2.64 bits per heavy atom. The fraction of sp³-hybridized carbons (Fsp3) is 0.455. The number of aromatic nitrogens is 2. The highest BCUT2D eigenvalue weighted by molar-refractivity contribution is 7.07. The van der Waals surface area contributed by atoms with Crippen LogP contribution in [0, 0.1) is 5.92 Å². The molecule has 0 spiro atoms. The van der Waals surface area contributed by atoms with Crippen LogP contribution < -0.4 is 15.5 Å². The van der Waals surface area contributed by atoms with Crippen LogP contribution in [0.2, 0.25) is 0 Å². The number of para-hydroxylation sites is 1. The van der Waals surface area contributed by atoms with Gasteiger partial charge in [-0.05, 0) is 72.7 Å². The van der Waals surface area contributed by atoms with E-state index in [-0.39, 0.29) is 0 Å². The lowest BCUT2D eigenvalue weighted by Crippen LogP contribution is -2.31. The molecule has 4 rings (SSSR count). The van der Waals surface area contributed by atoms with Crippen molar-refractivity contribution in [2.45, 2.75) is 38.3 Å². The maximum Gasteiger partial charge on any atom is 0.225 e. The van der Waals surface area contributed by atoms with Gasteiger partial charge >= 0.3 is 0 Å². The number of anilines is 2. The van der Waals surface area contributed by atoms with Crippen molar-refractivity contribution in [3.63, 3.8) is 0 Å². The molecule has 0 atom stereocenters. The Labute approximate surface area is 171 Å². The highest BCUT2D eigenvalue weighted by Crippen LogP contribution is 2.28. The minimum Gasteiger partial charge on any atom is -0.362 e. The number of nitrogens with one attached hydrogen (secondary N) is 2. The Morgan fingerprint density at radius 1 is 1.07 bits per heavy atom. The second-order valence-corrected chi connectivity index (χ2v) is 8.69. The molecule has 0 bridgehead atoms. The zero-order chi connectivity index (χ0) is 19.3. The van der Waals surface area contributed by atoms with E-state index in [1.807, 2.05) is 26.2 Å². The standard InChI is InChI=1S/C22H29N5S/c1-27(2)21-19-5-3-4-6-20(19)25-22(26-21)24-18-9-7-16(8-10-18)13-23-14-17-11-12-28-15-17/h3-6,11-12,15-16,18,23H,7-10,13-14H2,1-2H3,(H,24,25,26). The maximum atomic E-state index is 4.78. The fourth-order valence-corrected chi connectivity index (χ4v) is 4.64. The number of nitrogens with zero attached hydrogens (tertiary/aromatic N) is 3. The Hall–Kier alpha value is -2.18. The molecule has 1 fully saturated rings. The van der Waals surface area contributed by atoms with Crippen LogP contribution in [0.15, 0.2) is 41.1 Å². The van der Waals surface area contributed by atoms with E-state index in [1.54, 1.807) is 11.3 Å². The molecule has 0 radical (unpaired) electrons. The highest BCUT2D eigenvalue weighted by Gasteiger charge is 2.22. The highest BCUT2D eigenvalue weighted by atomic mass is 32.1. The molecule has 28 heavy (non-hydrogen) atoms. The van der Waals surface area contributed by atoms with Crippen LogP contribution in [0.1, 0.15) is 31.2 Å².